The van der Waals surface area contributed by atoms with Crippen LogP contribution in [-0.4, -0.2) is 24.3 Å². The molecule has 0 aliphatic rings. The van der Waals surface area contributed by atoms with E-state index in [1.165, 1.54) is 12.1 Å². The zero-order chi connectivity index (χ0) is 10.6. The van der Waals surface area contributed by atoms with E-state index in [-0.39, 0.29) is 18.8 Å². The Morgan fingerprint density at radius 1 is 1.29 bits per heavy atom. The summed E-state index contributed by atoms with van der Waals surface area (Å²) in [5.41, 5.74) is 12.1. The van der Waals surface area contributed by atoms with E-state index in [2.05, 4.69) is 4.74 Å². The first-order chi connectivity index (χ1) is 6.63. The molecule has 0 bridgehead atoms. The normalized spacial score (nSPS) is 9.79. The first-order valence-corrected chi connectivity index (χ1v) is 4.07. The lowest BCUT2D eigenvalue weighted by molar-refractivity contribution is 0.0434. The molecule has 0 spiro atoms. The summed E-state index contributed by atoms with van der Waals surface area (Å²) in [6.07, 6.45) is 0. The van der Waals surface area contributed by atoms with Crippen LogP contribution in [0.4, 0.5) is 11.4 Å². The molecule has 5 N–H and O–H groups in total. The van der Waals surface area contributed by atoms with Crippen LogP contribution >= 0.6 is 0 Å². The van der Waals surface area contributed by atoms with Gasteiger partial charge in [-0.15, -0.1) is 0 Å². The number of carbonyl (C=O) groups excluding carboxylic acids is 1. The molecule has 14 heavy (non-hydrogen) atoms. The van der Waals surface area contributed by atoms with Gasteiger partial charge in [0.15, 0.2) is 0 Å². The molecule has 0 heterocycles. The zero-order valence-electron chi connectivity index (χ0n) is 7.56. The molecule has 76 valence electrons. The molecular weight excluding hydrogens is 184 g/mol. The molecule has 0 atom stereocenters. The highest BCUT2D eigenvalue weighted by molar-refractivity contribution is 5.91. The summed E-state index contributed by atoms with van der Waals surface area (Å²) in [5.74, 6) is -0.543. The van der Waals surface area contributed by atoms with Crippen molar-refractivity contribution in [2.75, 3.05) is 24.7 Å². The Hall–Kier alpha value is -1.75. The SMILES string of the molecule is Nc1cc(N)cc(C(=O)OCCO)c1. The van der Waals surface area contributed by atoms with Gasteiger partial charge in [0, 0.05) is 11.4 Å². The number of esters is 1. The van der Waals surface area contributed by atoms with Crippen molar-refractivity contribution in [3.8, 4) is 0 Å². The second-order valence-corrected chi connectivity index (χ2v) is 2.75. The predicted octanol–water partition coefficient (Wildman–Crippen LogP) is 0.0001000. The van der Waals surface area contributed by atoms with Gasteiger partial charge in [0.05, 0.1) is 12.2 Å². The number of aliphatic hydroxyl groups excluding tert-OH is 1. The fourth-order valence-electron chi connectivity index (χ4n) is 1.02. The quantitative estimate of drug-likeness (QED) is 0.467. The Bertz CT molecular complexity index is 319. The van der Waals surface area contributed by atoms with Gasteiger partial charge in [0.1, 0.15) is 6.61 Å². The Morgan fingerprint density at radius 3 is 2.36 bits per heavy atom. The van der Waals surface area contributed by atoms with Gasteiger partial charge in [-0.05, 0) is 18.2 Å². The second-order valence-electron chi connectivity index (χ2n) is 2.75. The van der Waals surface area contributed by atoms with Crippen molar-refractivity contribution in [3.63, 3.8) is 0 Å². The summed E-state index contributed by atoms with van der Waals surface area (Å²) >= 11 is 0. The minimum atomic E-state index is -0.543. The maximum Gasteiger partial charge on any atom is 0.338 e. The van der Waals surface area contributed by atoms with Gasteiger partial charge in [0.25, 0.3) is 0 Å². The molecule has 0 aliphatic heterocycles. The molecule has 1 aromatic carbocycles. The van der Waals surface area contributed by atoms with Crippen LogP contribution in [-0.2, 0) is 4.74 Å². The fourth-order valence-corrected chi connectivity index (χ4v) is 1.02. The number of carbonyl (C=O) groups is 1. The summed E-state index contributed by atoms with van der Waals surface area (Å²) < 4.78 is 4.69. The Morgan fingerprint density at radius 2 is 1.86 bits per heavy atom. The number of anilines is 2. The van der Waals surface area contributed by atoms with Crippen molar-refractivity contribution >= 4 is 17.3 Å². The lowest BCUT2D eigenvalue weighted by atomic mass is 10.2. The molecule has 1 aromatic rings. The van der Waals surface area contributed by atoms with E-state index in [1.807, 2.05) is 0 Å². The van der Waals surface area contributed by atoms with Gasteiger partial charge >= 0.3 is 5.97 Å². The van der Waals surface area contributed by atoms with Crippen LogP contribution in [0.15, 0.2) is 18.2 Å². The molecule has 1 rings (SSSR count). The molecular formula is C9H12N2O3. The van der Waals surface area contributed by atoms with Crippen molar-refractivity contribution in [1.29, 1.82) is 0 Å². The summed E-state index contributed by atoms with van der Waals surface area (Å²) in [6.45, 7) is -0.239. The first kappa shape index (κ1) is 10.3. The largest absolute Gasteiger partial charge is 0.460 e. The van der Waals surface area contributed by atoms with Crippen molar-refractivity contribution in [2.45, 2.75) is 0 Å². The summed E-state index contributed by atoms with van der Waals surface area (Å²) in [5, 5.41) is 8.44. The van der Waals surface area contributed by atoms with Crippen LogP contribution in [0, 0.1) is 0 Å². The maximum absolute atomic E-state index is 11.3. The highest BCUT2D eigenvalue weighted by Gasteiger charge is 2.07. The third-order valence-corrected chi connectivity index (χ3v) is 1.54. The van der Waals surface area contributed by atoms with E-state index in [9.17, 15) is 4.79 Å². The number of ether oxygens (including phenoxy) is 1. The summed E-state index contributed by atoms with van der Waals surface area (Å²) in [4.78, 5) is 11.3. The topological polar surface area (TPSA) is 98.6 Å². The average molecular weight is 196 g/mol. The van der Waals surface area contributed by atoms with Gasteiger partial charge < -0.3 is 21.3 Å². The molecule has 5 nitrogen and oxygen atoms in total. The first-order valence-electron chi connectivity index (χ1n) is 4.07. The van der Waals surface area contributed by atoms with Crippen molar-refractivity contribution in [3.05, 3.63) is 23.8 Å². The van der Waals surface area contributed by atoms with Gasteiger partial charge in [-0.25, -0.2) is 4.79 Å². The minimum absolute atomic E-state index is 0.0342. The molecule has 5 heteroatoms. The summed E-state index contributed by atoms with van der Waals surface area (Å²) in [7, 11) is 0. The molecule has 0 fully saturated rings. The number of rotatable bonds is 3. The van der Waals surface area contributed by atoms with E-state index in [0.29, 0.717) is 11.4 Å². The summed E-state index contributed by atoms with van der Waals surface area (Å²) in [6, 6.07) is 4.48. The zero-order valence-corrected chi connectivity index (χ0v) is 7.56. The molecule has 0 saturated carbocycles. The van der Waals surface area contributed by atoms with Gasteiger partial charge in [0.2, 0.25) is 0 Å². The molecule has 0 aromatic heterocycles. The Kier molecular flexibility index (Phi) is 3.30. The number of benzene rings is 1. The number of hydrogen-bond donors (Lipinski definition) is 3. The second kappa shape index (κ2) is 4.48. The van der Waals surface area contributed by atoms with Crippen molar-refractivity contribution in [2.24, 2.45) is 0 Å². The van der Waals surface area contributed by atoms with Crippen LogP contribution in [0.1, 0.15) is 10.4 Å². The van der Waals surface area contributed by atoms with Gasteiger partial charge in [-0.1, -0.05) is 0 Å². The number of aliphatic hydroxyl groups is 1. The van der Waals surface area contributed by atoms with Crippen LogP contribution in [0.2, 0.25) is 0 Å². The number of hydrogen-bond acceptors (Lipinski definition) is 5. The molecule has 0 amide bonds. The van der Waals surface area contributed by atoms with E-state index in [1.54, 1.807) is 6.07 Å². The van der Waals surface area contributed by atoms with Crippen LogP contribution in [0.3, 0.4) is 0 Å². The monoisotopic (exact) mass is 196 g/mol. The Balaban J connectivity index is 2.79. The van der Waals surface area contributed by atoms with Crippen molar-refractivity contribution in [1.82, 2.24) is 0 Å². The standard InChI is InChI=1S/C9H12N2O3/c10-7-3-6(4-8(11)5-7)9(13)14-2-1-12/h3-5,12H,1-2,10-11H2. The fraction of sp³-hybridized carbons (Fsp3) is 0.222. The minimum Gasteiger partial charge on any atom is -0.460 e. The van der Waals surface area contributed by atoms with Gasteiger partial charge in [-0.2, -0.15) is 0 Å². The van der Waals surface area contributed by atoms with Crippen LogP contribution < -0.4 is 11.5 Å². The average Bonchev–Trinajstić information content (AvgIpc) is 2.12. The molecule has 0 aliphatic carbocycles. The highest BCUT2D eigenvalue weighted by Crippen LogP contribution is 2.14. The molecule has 0 unspecified atom stereocenters. The van der Waals surface area contributed by atoms with Crippen LogP contribution in [0.5, 0.6) is 0 Å². The maximum atomic E-state index is 11.3. The Labute approximate surface area is 81.3 Å². The lowest BCUT2D eigenvalue weighted by Gasteiger charge is -2.04. The predicted molar refractivity (Wildman–Crippen MR) is 52.6 cm³/mol. The molecule has 0 radical (unpaired) electrons. The van der Waals surface area contributed by atoms with E-state index < -0.39 is 5.97 Å². The smallest absolute Gasteiger partial charge is 0.338 e. The van der Waals surface area contributed by atoms with E-state index in [4.69, 9.17) is 16.6 Å². The molecule has 0 saturated heterocycles. The highest BCUT2D eigenvalue weighted by atomic mass is 16.5. The van der Waals surface area contributed by atoms with E-state index >= 15 is 0 Å². The van der Waals surface area contributed by atoms with E-state index in [0.717, 1.165) is 0 Å². The number of nitrogens with two attached hydrogens (primary N) is 2. The lowest BCUT2D eigenvalue weighted by Crippen LogP contribution is -2.09. The number of nitrogen functional groups attached to an aromatic ring is 2. The van der Waals surface area contributed by atoms with Gasteiger partial charge in [-0.3, -0.25) is 0 Å². The van der Waals surface area contributed by atoms with Crippen LogP contribution in [0.25, 0.3) is 0 Å². The van der Waals surface area contributed by atoms with Crippen molar-refractivity contribution < 1.29 is 14.6 Å². The third kappa shape index (κ3) is 2.63. The third-order valence-electron chi connectivity index (χ3n) is 1.54.